The van der Waals surface area contributed by atoms with Crippen LogP contribution in [0.1, 0.15) is 52.4 Å². The summed E-state index contributed by atoms with van der Waals surface area (Å²) in [5.74, 6) is 2.96. The summed E-state index contributed by atoms with van der Waals surface area (Å²) in [7, 11) is 0. The van der Waals surface area contributed by atoms with Crippen LogP contribution in [0, 0.1) is 17.8 Å². The van der Waals surface area contributed by atoms with Gasteiger partial charge in [0.15, 0.2) is 0 Å². The number of nitrogens with zero attached hydrogens (tertiary/aromatic N) is 1. The van der Waals surface area contributed by atoms with Crippen LogP contribution in [0.2, 0.25) is 0 Å². The van der Waals surface area contributed by atoms with E-state index < -0.39 is 0 Å². The third-order valence-corrected chi connectivity index (χ3v) is 5.54. The molecule has 1 N–H and O–H groups in total. The lowest BCUT2D eigenvalue weighted by Gasteiger charge is -2.38. The van der Waals surface area contributed by atoms with Crippen molar-refractivity contribution in [2.45, 2.75) is 64.5 Å². The first kappa shape index (κ1) is 12.9. The number of hydrogen-bond donors (Lipinski definition) is 1. The van der Waals surface area contributed by atoms with E-state index in [1.807, 2.05) is 0 Å². The quantitative estimate of drug-likeness (QED) is 0.780. The zero-order chi connectivity index (χ0) is 12.5. The minimum atomic E-state index is 0.792. The van der Waals surface area contributed by atoms with Crippen LogP contribution in [0.3, 0.4) is 0 Å². The van der Waals surface area contributed by atoms with Crippen molar-refractivity contribution in [2.24, 2.45) is 17.8 Å². The maximum Gasteiger partial charge on any atom is 0.0124 e. The van der Waals surface area contributed by atoms with E-state index in [2.05, 4.69) is 24.1 Å². The van der Waals surface area contributed by atoms with Crippen LogP contribution in [0.25, 0.3) is 0 Å². The minimum Gasteiger partial charge on any atom is -0.312 e. The lowest BCUT2D eigenvalue weighted by atomic mass is 9.92. The number of likely N-dealkylation sites (tertiary alicyclic amines) is 1. The molecule has 3 rings (SSSR count). The maximum absolute atomic E-state index is 3.88. The van der Waals surface area contributed by atoms with Crippen molar-refractivity contribution in [3.63, 3.8) is 0 Å². The number of nitrogens with one attached hydrogen (secondary N) is 1. The highest BCUT2D eigenvalue weighted by molar-refractivity contribution is 4.96. The van der Waals surface area contributed by atoms with Crippen molar-refractivity contribution >= 4 is 0 Å². The molecule has 0 aromatic heterocycles. The van der Waals surface area contributed by atoms with E-state index in [-0.39, 0.29) is 0 Å². The van der Waals surface area contributed by atoms with Crippen LogP contribution >= 0.6 is 0 Å². The van der Waals surface area contributed by atoms with Gasteiger partial charge < -0.3 is 5.32 Å². The zero-order valence-corrected chi connectivity index (χ0v) is 12.2. The Labute approximate surface area is 113 Å². The fourth-order valence-corrected chi connectivity index (χ4v) is 3.74. The fraction of sp³-hybridized carbons (Fsp3) is 1.00. The second-order valence-electron chi connectivity index (χ2n) is 7.05. The van der Waals surface area contributed by atoms with Gasteiger partial charge in [-0.2, -0.15) is 0 Å². The molecule has 2 nitrogen and oxygen atoms in total. The standard InChI is InChI=1S/C16H30N2/c1-12-4-3-10-18(13(12)2)11-9-17-16(14-5-6-14)15-7-8-15/h12-17H,3-11H2,1-2H3. The second kappa shape index (κ2) is 5.50. The first-order valence-electron chi connectivity index (χ1n) is 8.23. The van der Waals surface area contributed by atoms with Crippen LogP contribution in [0.5, 0.6) is 0 Å². The van der Waals surface area contributed by atoms with E-state index in [9.17, 15) is 0 Å². The van der Waals surface area contributed by atoms with Gasteiger partial charge >= 0.3 is 0 Å². The predicted octanol–water partition coefficient (Wildman–Crippen LogP) is 2.89. The van der Waals surface area contributed by atoms with Crippen LogP contribution < -0.4 is 5.32 Å². The molecule has 0 amide bonds. The molecule has 0 spiro atoms. The molecule has 0 radical (unpaired) electrons. The van der Waals surface area contributed by atoms with Crippen molar-refractivity contribution < 1.29 is 0 Å². The molecule has 18 heavy (non-hydrogen) atoms. The molecule has 1 aliphatic heterocycles. The molecule has 3 fully saturated rings. The van der Waals surface area contributed by atoms with Crippen molar-refractivity contribution in [2.75, 3.05) is 19.6 Å². The number of hydrogen-bond acceptors (Lipinski definition) is 2. The van der Waals surface area contributed by atoms with Gasteiger partial charge in [-0.05, 0) is 69.7 Å². The maximum atomic E-state index is 3.88. The minimum absolute atomic E-state index is 0.792. The van der Waals surface area contributed by atoms with Crippen LogP contribution in [0.4, 0.5) is 0 Å². The van der Waals surface area contributed by atoms with E-state index >= 15 is 0 Å². The molecule has 2 unspecified atom stereocenters. The average molecular weight is 250 g/mol. The van der Waals surface area contributed by atoms with Crippen molar-refractivity contribution in [3.05, 3.63) is 0 Å². The first-order chi connectivity index (χ1) is 8.75. The Hall–Kier alpha value is -0.0800. The Balaban J connectivity index is 1.40. The summed E-state index contributed by atoms with van der Waals surface area (Å²) in [5.41, 5.74) is 0. The average Bonchev–Trinajstić information content (AvgIpc) is 3.23. The lowest BCUT2D eigenvalue weighted by molar-refractivity contribution is 0.113. The molecule has 1 heterocycles. The molecule has 0 aromatic rings. The molecule has 0 bridgehead atoms. The van der Waals surface area contributed by atoms with E-state index in [1.54, 1.807) is 0 Å². The third kappa shape index (κ3) is 3.08. The van der Waals surface area contributed by atoms with Gasteiger partial charge in [-0.15, -0.1) is 0 Å². The first-order valence-corrected chi connectivity index (χ1v) is 8.23. The van der Waals surface area contributed by atoms with E-state index in [0.717, 1.165) is 29.8 Å². The molecule has 2 saturated carbocycles. The van der Waals surface area contributed by atoms with Gasteiger partial charge in [0, 0.05) is 25.2 Å². The molecular weight excluding hydrogens is 220 g/mol. The molecular formula is C16H30N2. The summed E-state index contributed by atoms with van der Waals surface area (Å²) in [5, 5.41) is 3.88. The van der Waals surface area contributed by atoms with Crippen LogP contribution in [-0.4, -0.2) is 36.6 Å². The highest BCUT2D eigenvalue weighted by Gasteiger charge is 2.41. The van der Waals surface area contributed by atoms with Crippen molar-refractivity contribution in [3.8, 4) is 0 Å². The molecule has 1 saturated heterocycles. The van der Waals surface area contributed by atoms with Gasteiger partial charge in [-0.25, -0.2) is 0 Å². The normalized spacial score (nSPS) is 34.2. The number of piperidine rings is 1. The summed E-state index contributed by atoms with van der Waals surface area (Å²) in [6, 6.07) is 1.67. The summed E-state index contributed by atoms with van der Waals surface area (Å²) in [4.78, 5) is 2.71. The topological polar surface area (TPSA) is 15.3 Å². The van der Waals surface area contributed by atoms with Gasteiger partial charge in [0.2, 0.25) is 0 Å². The van der Waals surface area contributed by atoms with Crippen LogP contribution in [-0.2, 0) is 0 Å². The molecule has 2 aliphatic carbocycles. The summed E-state index contributed by atoms with van der Waals surface area (Å²) < 4.78 is 0. The van der Waals surface area contributed by atoms with Gasteiger partial charge in [0.05, 0.1) is 0 Å². The van der Waals surface area contributed by atoms with E-state index in [0.29, 0.717) is 0 Å². The van der Waals surface area contributed by atoms with Gasteiger partial charge in [0.1, 0.15) is 0 Å². The molecule has 2 heteroatoms. The third-order valence-electron chi connectivity index (χ3n) is 5.54. The highest BCUT2D eigenvalue weighted by Crippen LogP contribution is 2.44. The Kier molecular flexibility index (Phi) is 3.95. The summed E-state index contributed by atoms with van der Waals surface area (Å²) >= 11 is 0. The van der Waals surface area contributed by atoms with Crippen molar-refractivity contribution in [1.82, 2.24) is 10.2 Å². The van der Waals surface area contributed by atoms with Gasteiger partial charge in [0.25, 0.3) is 0 Å². The highest BCUT2D eigenvalue weighted by atomic mass is 15.2. The molecule has 3 aliphatic rings. The Morgan fingerprint density at radius 2 is 1.72 bits per heavy atom. The number of rotatable bonds is 6. The fourth-order valence-electron chi connectivity index (χ4n) is 3.74. The summed E-state index contributed by atoms with van der Waals surface area (Å²) in [6.45, 7) is 8.64. The van der Waals surface area contributed by atoms with E-state index in [4.69, 9.17) is 0 Å². The lowest BCUT2D eigenvalue weighted by Crippen LogP contribution is -2.47. The Morgan fingerprint density at radius 1 is 1.06 bits per heavy atom. The second-order valence-corrected chi connectivity index (χ2v) is 7.05. The zero-order valence-electron chi connectivity index (χ0n) is 12.2. The van der Waals surface area contributed by atoms with Crippen LogP contribution in [0.15, 0.2) is 0 Å². The van der Waals surface area contributed by atoms with Gasteiger partial charge in [-0.1, -0.05) is 6.92 Å². The SMILES string of the molecule is CC1CCCN(CCNC(C2CC2)C2CC2)C1C. The smallest absolute Gasteiger partial charge is 0.0124 e. The summed E-state index contributed by atoms with van der Waals surface area (Å²) in [6.07, 6.45) is 8.80. The largest absolute Gasteiger partial charge is 0.312 e. The predicted molar refractivity (Wildman–Crippen MR) is 76.7 cm³/mol. The van der Waals surface area contributed by atoms with Gasteiger partial charge in [-0.3, -0.25) is 4.90 Å². The van der Waals surface area contributed by atoms with Crippen molar-refractivity contribution in [1.29, 1.82) is 0 Å². The Bertz CT molecular complexity index is 258. The van der Waals surface area contributed by atoms with E-state index in [1.165, 1.54) is 58.2 Å². The molecule has 104 valence electrons. The Morgan fingerprint density at radius 3 is 2.33 bits per heavy atom. The monoisotopic (exact) mass is 250 g/mol. The molecule has 2 atom stereocenters. The molecule has 0 aromatic carbocycles.